The van der Waals surface area contributed by atoms with Gasteiger partial charge in [0.15, 0.2) is 0 Å². The zero-order valence-electron chi connectivity index (χ0n) is 16.5. The van der Waals surface area contributed by atoms with E-state index in [2.05, 4.69) is 10.1 Å². The monoisotopic (exact) mass is 395 g/mol. The zero-order valence-corrected chi connectivity index (χ0v) is 16.5. The molecule has 1 aliphatic rings. The van der Waals surface area contributed by atoms with Crippen molar-refractivity contribution in [1.82, 2.24) is 24.6 Å². The van der Waals surface area contributed by atoms with E-state index < -0.39 is 5.82 Å². The van der Waals surface area contributed by atoms with Crippen LogP contribution in [0.2, 0.25) is 0 Å². The molecule has 0 N–H and O–H groups in total. The number of aryl methyl sites for hydroxylation is 1. The van der Waals surface area contributed by atoms with Gasteiger partial charge in [-0.15, -0.1) is 0 Å². The number of hydrogen-bond donors (Lipinski definition) is 0. The summed E-state index contributed by atoms with van der Waals surface area (Å²) in [6, 6.07) is 7.07. The predicted octanol–water partition coefficient (Wildman–Crippen LogP) is 2.48. The highest BCUT2D eigenvalue weighted by Gasteiger charge is 2.36. The van der Waals surface area contributed by atoms with Gasteiger partial charge in [0.05, 0.1) is 17.3 Å². The molecule has 1 aromatic carbocycles. The van der Waals surface area contributed by atoms with Crippen LogP contribution in [0.4, 0.5) is 4.39 Å². The van der Waals surface area contributed by atoms with E-state index in [1.165, 1.54) is 18.2 Å². The number of piperazine rings is 1. The molecule has 3 aromatic rings. The molecule has 4 rings (SSSR count). The summed E-state index contributed by atoms with van der Waals surface area (Å²) in [7, 11) is 1.81. The Morgan fingerprint density at radius 3 is 2.31 bits per heavy atom. The van der Waals surface area contributed by atoms with Gasteiger partial charge in [0.2, 0.25) is 0 Å². The van der Waals surface area contributed by atoms with Crippen LogP contribution >= 0.6 is 0 Å². The van der Waals surface area contributed by atoms with E-state index in [0.29, 0.717) is 24.2 Å². The smallest absolute Gasteiger partial charge is 0.255 e. The van der Waals surface area contributed by atoms with E-state index in [-0.39, 0.29) is 23.9 Å². The molecule has 150 valence electrons. The summed E-state index contributed by atoms with van der Waals surface area (Å²) in [5.41, 5.74) is 2.33. The number of aromatic nitrogens is 3. The van der Waals surface area contributed by atoms with E-state index >= 15 is 0 Å². The first-order chi connectivity index (χ1) is 13.9. The Morgan fingerprint density at radius 1 is 1.00 bits per heavy atom. The highest BCUT2D eigenvalue weighted by atomic mass is 19.1. The van der Waals surface area contributed by atoms with E-state index in [1.54, 1.807) is 46.1 Å². The van der Waals surface area contributed by atoms with Crippen LogP contribution in [0.15, 0.2) is 42.7 Å². The van der Waals surface area contributed by atoms with Crippen molar-refractivity contribution in [2.75, 3.05) is 13.1 Å². The molecule has 0 saturated carbocycles. The van der Waals surface area contributed by atoms with Crippen molar-refractivity contribution < 1.29 is 14.0 Å². The molecular weight excluding hydrogens is 373 g/mol. The number of fused-ring (bicyclic) bond motifs is 1. The molecule has 0 unspecified atom stereocenters. The molecule has 29 heavy (non-hydrogen) atoms. The number of benzene rings is 1. The Bertz CT molecular complexity index is 1100. The summed E-state index contributed by atoms with van der Waals surface area (Å²) in [6.07, 6.45) is 3.22. The molecule has 0 radical (unpaired) electrons. The minimum atomic E-state index is -0.441. The molecule has 2 atom stereocenters. The highest BCUT2D eigenvalue weighted by Crippen LogP contribution is 2.23. The van der Waals surface area contributed by atoms with Gasteiger partial charge in [-0.1, -0.05) is 6.07 Å². The average Bonchev–Trinajstić information content (AvgIpc) is 3.09. The Morgan fingerprint density at radius 2 is 1.66 bits per heavy atom. The Labute approximate surface area is 167 Å². The van der Waals surface area contributed by atoms with Crippen molar-refractivity contribution in [3.05, 3.63) is 59.7 Å². The summed E-state index contributed by atoms with van der Waals surface area (Å²) < 4.78 is 15.2. The van der Waals surface area contributed by atoms with Crippen molar-refractivity contribution in [3.8, 4) is 0 Å². The summed E-state index contributed by atoms with van der Waals surface area (Å²) >= 11 is 0. The van der Waals surface area contributed by atoms with Crippen LogP contribution < -0.4 is 0 Å². The lowest BCUT2D eigenvalue weighted by molar-refractivity contribution is 0.0240. The maximum Gasteiger partial charge on any atom is 0.255 e. The Kier molecular flexibility index (Phi) is 4.77. The van der Waals surface area contributed by atoms with Gasteiger partial charge in [0, 0.05) is 44.0 Å². The van der Waals surface area contributed by atoms with Gasteiger partial charge < -0.3 is 9.80 Å². The second kappa shape index (κ2) is 7.27. The normalized spacial score (nSPS) is 19.6. The molecule has 1 fully saturated rings. The van der Waals surface area contributed by atoms with E-state index in [4.69, 9.17) is 0 Å². The molecule has 1 aliphatic heterocycles. The SMILES string of the molecule is C[C@@H]1[C@H](C)N(C(=O)c2cnc3cnn(C)c3c2)CCN1C(=O)c1cccc(F)c1. The number of carbonyl (C=O) groups excluding carboxylic acids is 2. The number of pyridine rings is 1. The third-order valence-electron chi connectivity index (χ3n) is 5.70. The second-order valence-corrected chi connectivity index (χ2v) is 7.39. The third-order valence-corrected chi connectivity index (χ3v) is 5.70. The topological polar surface area (TPSA) is 71.3 Å². The Hall–Kier alpha value is -3.29. The predicted molar refractivity (Wildman–Crippen MR) is 106 cm³/mol. The van der Waals surface area contributed by atoms with Crippen molar-refractivity contribution in [2.24, 2.45) is 7.05 Å². The maximum atomic E-state index is 13.5. The number of amides is 2. The molecule has 8 heteroatoms. The van der Waals surface area contributed by atoms with E-state index in [1.807, 2.05) is 13.8 Å². The van der Waals surface area contributed by atoms with Crippen LogP contribution in [0.25, 0.3) is 11.0 Å². The minimum absolute atomic E-state index is 0.127. The minimum Gasteiger partial charge on any atom is -0.332 e. The fourth-order valence-electron chi connectivity index (χ4n) is 3.81. The fraction of sp³-hybridized carbons (Fsp3) is 0.333. The quantitative estimate of drug-likeness (QED) is 0.668. The first-order valence-corrected chi connectivity index (χ1v) is 9.52. The van der Waals surface area contributed by atoms with Crippen molar-refractivity contribution >= 4 is 22.8 Å². The van der Waals surface area contributed by atoms with Crippen LogP contribution in [0, 0.1) is 5.82 Å². The lowest BCUT2D eigenvalue weighted by Gasteiger charge is -2.45. The number of halogens is 1. The first-order valence-electron chi connectivity index (χ1n) is 9.52. The van der Waals surface area contributed by atoms with Crippen LogP contribution in [0.1, 0.15) is 34.6 Å². The van der Waals surface area contributed by atoms with Gasteiger partial charge in [-0.3, -0.25) is 19.3 Å². The summed E-state index contributed by atoms with van der Waals surface area (Å²) in [5.74, 6) is -0.796. The molecule has 0 spiro atoms. The average molecular weight is 395 g/mol. The van der Waals surface area contributed by atoms with Gasteiger partial charge in [0.25, 0.3) is 11.8 Å². The van der Waals surface area contributed by atoms with E-state index in [0.717, 1.165) is 11.0 Å². The number of carbonyl (C=O) groups is 2. The summed E-state index contributed by atoms with van der Waals surface area (Å²) in [6.45, 7) is 4.61. The lowest BCUT2D eigenvalue weighted by Crippen LogP contribution is -2.60. The van der Waals surface area contributed by atoms with Crippen LogP contribution in [0.3, 0.4) is 0 Å². The number of nitrogens with zero attached hydrogens (tertiary/aromatic N) is 5. The van der Waals surface area contributed by atoms with Gasteiger partial charge >= 0.3 is 0 Å². The highest BCUT2D eigenvalue weighted by molar-refractivity contribution is 5.98. The maximum absolute atomic E-state index is 13.5. The summed E-state index contributed by atoms with van der Waals surface area (Å²) in [4.78, 5) is 33.8. The van der Waals surface area contributed by atoms with E-state index in [9.17, 15) is 14.0 Å². The van der Waals surface area contributed by atoms with Gasteiger partial charge in [-0.2, -0.15) is 5.10 Å². The molecule has 3 heterocycles. The largest absolute Gasteiger partial charge is 0.332 e. The van der Waals surface area contributed by atoms with Crippen molar-refractivity contribution in [3.63, 3.8) is 0 Å². The van der Waals surface area contributed by atoms with Crippen molar-refractivity contribution in [2.45, 2.75) is 25.9 Å². The van der Waals surface area contributed by atoms with Crippen LogP contribution in [-0.4, -0.2) is 61.6 Å². The van der Waals surface area contributed by atoms with Gasteiger partial charge in [-0.25, -0.2) is 4.39 Å². The molecule has 7 nitrogen and oxygen atoms in total. The molecule has 1 saturated heterocycles. The fourth-order valence-corrected chi connectivity index (χ4v) is 3.81. The van der Waals surface area contributed by atoms with Crippen LogP contribution in [-0.2, 0) is 7.05 Å². The van der Waals surface area contributed by atoms with Gasteiger partial charge in [-0.05, 0) is 38.1 Å². The number of hydrogen-bond acceptors (Lipinski definition) is 4. The molecule has 2 aromatic heterocycles. The molecular formula is C21H22FN5O2. The molecule has 2 amide bonds. The molecule has 0 bridgehead atoms. The number of rotatable bonds is 2. The lowest BCUT2D eigenvalue weighted by atomic mass is 10.0. The van der Waals surface area contributed by atoms with Crippen molar-refractivity contribution in [1.29, 1.82) is 0 Å². The Balaban J connectivity index is 1.54. The zero-order chi connectivity index (χ0) is 20.7. The van der Waals surface area contributed by atoms with Gasteiger partial charge in [0.1, 0.15) is 11.3 Å². The van der Waals surface area contributed by atoms with Crippen LogP contribution in [0.5, 0.6) is 0 Å². The second-order valence-electron chi connectivity index (χ2n) is 7.39. The molecule has 0 aliphatic carbocycles. The first kappa shape index (κ1) is 19.0. The third kappa shape index (κ3) is 3.35. The standard InChI is InChI=1S/C21H22FN5O2/c1-13-14(2)27(8-7-26(13)20(28)15-5-4-6-17(22)9-15)21(29)16-10-19-18(23-11-16)12-24-25(19)3/h4-6,9-14H,7-8H2,1-3H3/t13-,14+/m1/s1. The summed E-state index contributed by atoms with van der Waals surface area (Å²) in [5, 5.41) is 4.16.